The molecule has 7 heteroatoms. The van der Waals surface area contributed by atoms with Gasteiger partial charge in [-0.05, 0) is 30.7 Å². The second-order valence-corrected chi connectivity index (χ2v) is 5.99. The van der Waals surface area contributed by atoms with Crippen molar-refractivity contribution in [2.45, 2.75) is 26.6 Å². The molecule has 0 radical (unpaired) electrons. The Kier molecular flexibility index (Phi) is 6.02. The molecular formula is C19H19F3N2O2. The monoisotopic (exact) mass is 364 g/mol. The van der Waals surface area contributed by atoms with E-state index in [1.54, 1.807) is 0 Å². The highest BCUT2D eigenvalue weighted by atomic mass is 19.4. The van der Waals surface area contributed by atoms with E-state index >= 15 is 0 Å². The SMILES string of the molecule is CC(=O)N(CC(=O)Nc1cccc(C(F)(F)F)c1)Cc1ccc(C)cc1. The van der Waals surface area contributed by atoms with Gasteiger partial charge >= 0.3 is 6.18 Å². The summed E-state index contributed by atoms with van der Waals surface area (Å²) in [7, 11) is 0. The van der Waals surface area contributed by atoms with Crippen LogP contribution in [0.15, 0.2) is 48.5 Å². The summed E-state index contributed by atoms with van der Waals surface area (Å²) < 4.78 is 38.2. The number of rotatable bonds is 5. The first-order chi connectivity index (χ1) is 12.1. The Labute approximate surface area is 149 Å². The number of alkyl halides is 3. The van der Waals surface area contributed by atoms with Gasteiger partial charge in [0.25, 0.3) is 0 Å². The highest BCUT2D eigenvalue weighted by Crippen LogP contribution is 2.30. The largest absolute Gasteiger partial charge is 0.416 e. The Hall–Kier alpha value is -2.83. The summed E-state index contributed by atoms with van der Waals surface area (Å²) in [6.45, 7) is 3.27. The third kappa shape index (κ3) is 5.61. The molecule has 0 atom stereocenters. The molecule has 2 aromatic carbocycles. The molecule has 0 aliphatic heterocycles. The zero-order valence-corrected chi connectivity index (χ0v) is 14.4. The van der Waals surface area contributed by atoms with Crippen molar-refractivity contribution in [3.63, 3.8) is 0 Å². The maximum absolute atomic E-state index is 12.7. The number of nitrogens with one attached hydrogen (secondary N) is 1. The van der Waals surface area contributed by atoms with Crippen molar-refractivity contribution in [1.82, 2.24) is 4.90 Å². The van der Waals surface area contributed by atoms with Crippen molar-refractivity contribution in [2.24, 2.45) is 0 Å². The Morgan fingerprint density at radius 3 is 2.31 bits per heavy atom. The molecule has 0 aliphatic carbocycles. The summed E-state index contributed by atoms with van der Waals surface area (Å²) in [5.74, 6) is -0.864. The molecule has 1 N–H and O–H groups in total. The Morgan fingerprint density at radius 1 is 1.08 bits per heavy atom. The minimum Gasteiger partial charge on any atom is -0.329 e. The molecule has 0 aromatic heterocycles. The summed E-state index contributed by atoms with van der Waals surface area (Å²) in [4.78, 5) is 25.3. The van der Waals surface area contributed by atoms with Crippen LogP contribution in [0.1, 0.15) is 23.6 Å². The molecule has 0 spiro atoms. The molecule has 0 fully saturated rings. The quantitative estimate of drug-likeness (QED) is 0.872. The molecule has 0 bridgehead atoms. The fourth-order valence-electron chi connectivity index (χ4n) is 2.34. The van der Waals surface area contributed by atoms with E-state index in [0.717, 1.165) is 23.3 Å². The van der Waals surface area contributed by atoms with Crippen molar-refractivity contribution in [3.8, 4) is 0 Å². The highest BCUT2D eigenvalue weighted by Gasteiger charge is 2.30. The van der Waals surface area contributed by atoms with Gasteiger partial charge in [-0.3, -0.25) is 9.59 Å². The molecule has 0 unspecified atom stereocenters. The number of anilines is 1. The number of carbonyl (C=O) groups is 2. The summed E-state index contributed by atoms with van der Waals surface area (Å²) in [6.07, 6.45) is -4.49. The Morgan fingerprint density at radius 2 is 1.73 bits per heavy atom. The third-order valence-corrected chi connectivity index (χ3v) is 3.75. The lowest BCUT2D eigenvalue weighted by atomic mass is 10.1. The normalized spacial score (nSPS) is 11.1. The number of carbonyl (C=O) groups excluding carboxylic acids is 2. The smallest absolute Gasteiger partial charge is 0.329 e. The van der Waals surface area contributed by atoms with Gasteiger partial charge in [0.15, 0.2) is 0 Å². The fraction of sp³-hybridized carbons (Fsp3) is 0.263. The van der Waals surface area contributed by atoms with E-state index in [9.17, 15) is 22.8 Å². The topological polar surface area (TPSA) is 49.4 Å². The molecule has 0 aliphatic rings. The number of hydrogen-bond donors (Lipinski definition) is 1. The predicted molar refractivity (Wildman–Crippen MR) is 92.3 cm³/mol. The zero-order valence-electron chi connectivity index (χ0n) is 14.4. The first kappa shape index (κ1) is 19.5. The van der Waals surface area contributed by atoms with Gasteiger partial charge in [0.1, 0.15) is 6.54 Å². The van der Waals surface area contributed by atoms with Crippen LogP contribution in [0.4, 0.5) is 18.9 Å². The van der Waals surface area contributed by atoms with Crippen LogP contribution in [0.2, 0.25) is 0 Å². The molecule has 2 rings (SSSR count). The Bertz CT molecular complexity index is 786. The summed E-state index contributed by atoms with van der Waals surface area (Å²) in [6, 6.07) is 11.9. The number of benzene rings is 2. The molecule has 4 nitrogen and oxygen atoms in total. The van der Waals surface area contributed by atoms with Crippen LogP contribution >= 0.6 is 0 Å². The average Bonchev–Trinajstić information content (AvgIpc) is 2.55. The molecule has 0 saturated carbocycles. The van der Waals surface area contributed by atoms with E-state index in [-0.39, 0.29) is 24.7 Å². The van der Waals surface area contributed by atoms with Crippen LogP contribution in [0, 0.1) is 6.92 Å². The number of nitrogens with zero attached hydrogens (tertiary/aromatic N) is 1. The van der Waals surface area contributed by atoms with Crippen molar-refractivity contribution in [3.05, 3.63) is 65.2 Å². The summed E-state index contributed by atoms with van der Waals surface area (Å²) in [5.41, 5.74) is 1.12. The molecule has 0 heterocycles. The predicted octanol–water partition coefficient (Wildman–Crippen LogP) is 4.00. The van der Waals surface area contributed by atoms with Crippen LogP contribution in [-0.4, -0.2) is 23.3 Å². The lowest BCUT2D eigenvalue weighted by molar-refractivity contribution is -0.137. The summed E-state index contributed by atoms with van der Waals surface area (Å²) in [5, 5.41) is 2.40. The standard InChI is InChI=1S/C19H19F3N2O2/c1-13-6-8-15(9-7-13)11-24(14(2)25)12-18(26)23-17-5-3-4-16(10-17)19(20,21)22/h3-10H,11-12H2,1-2H3,(H,23,26). The van der Waals surface area contributed by atoms with Crippen LogP contribution in [0.25, 0.3) is 0 Å². The van der Waals surface area contributed by atoms with Gasteiger partial charge < -0.3 is 10.2 Å². The molecule has 2 amide bonds. The van der Waals surface area contributed by atoms with E-state index < -0.39 is 17.6 Å². The van der Waals surface area contributed by atoms with E-state index in [1.807, 2.05) is 31.2 Å². The first-order valence-corrected chi connectivity index (χ1v) is 7.93. The second-order valence-electron chi connectivity index (χ2n) is 5.99. The van der Waals surface area contributed by atoms with Crippen LogP contribution in [0.3, 0.4) is 0 Å². The average molecular weight is 364 g/mol. The van der Waals surface area contributed by atoms with Crippen LogP contribution in [0.5, 0.6) is 0 Å². The second kappa shape index (κ2) is 8.03. The number of amides is 2. The van der Waals surface area contributed by atoms with Crippen molar-refractivity contribution >= 4 is 17.5 Å². The Balaban J connectivity index is 2.04. The molecular weight excluding hydrogens is 345 g/mol. The number of aryl methyl sites for hydroxylation is 1. The maximum atomic E-state index is 12.7. The molecule has 2 aromatic rings. The fourth-order valence-corrected chi connectivity index (χ4v) is 2.34. The van der Waals surface area contributed by atoms with E-state index in [1.165, 1.54) is 24.0 Å². The van der Waals surface area contributed by atoms with E-state index in [2.05, 4.69) is 5.32 Å². The summed E-state index contributed by atoms with van der Waals surface area (Å²) >= 11 is 0. The molecule has 0 saturated heterocycles. The van der Waals surface area contributed by atoms with Gasteiger partial charge in [0.05, 0.1) is 5.56 Å². The van der Waals surface area contributed by atoms with Gasteiger partial charge in [0, 0.05) is 19.2 Å². The lowest BCUT2D eigenvalue weighted by Crippen LogP contribution is -2.36. The maximum Gasteiger partial charge on any atom is 0.416 e. The van der Waals surface area contributed by atoms with Crippen molar-refractivity contribution in [2.75, 3.05) is 11.9 Å². The van der Waals surface area contributed by atoms with Gasteiger partial charge in [-0.25, -0.2) is 0 Å². The molecule has 138 valence electrons. The number of halogens is 3. The van der Waals surface area contributed by atoms with Crippen LogP contribution in [-0.2, 0) is 22.3 Å². The van der Waals surface area contributed by atoms with Gasteiger partial charge in [-0.2, -0.15) is 13.2 Å². The van der Waals surface area contributed by atoms with E-state index in [0.29, 0.717) is 0 Å². The third-order valence-electron chi connectivity index (χ3n) is 3.75. The van der Waals surface area contributed by atoms with Crippen LogP contribution < -0.4 is 5.32 Å². The number of hydrogen-bond acceptors (Lipinski definition) is 2. The van der Waals surface area contributed by atoms with Gasteiger partial charge in [-0.1, -0.05) is 35.9 Å². The van der Waals surface area contributed by atoms with Gasteiger partial charge in [-0.15, -0.1) is 0 Å². The lowest BCUT2D eigenvalue weighted by Gasteiger charge is -2.21. The van der Waals surface area contributed by atoms with Crippen molar-refractivity contribution in [1.29, 1.82) is 0 Å². The first-order valence-electron chi connectivity index (χ1n) is 7.93. The minimum absolute atomic E-state index is 0.0312. The zero-order chi connectivity index (χ0) is 19.3. The highest BCUT2D eigenvalue weighted by molar-refractivity contribution is 5.94. The van der Waals surface area contributed by atoms with Gasteiger partial charge in [0.2, 0.25) is 11.8 Å². The molecule has 26 heavy (non-hydrogen) atoms. The van der Waals surface area contributed by atoms with E-state index in [4.69, 9.17) is 0 Å². The minimum atomic E-state index is -4.49. The van der Waals surface area contributed by atoms with Crippen molar-refractivity contribution < 1.29 is 22.8 Å².